The van der Waals surface area contributed by atoms with Crippen molar-refractivity contribution in [2.24, 2.45) is 0 Å². The van der Waals surface area contributed by atoms with E-state index >= 15 is 0 Å². The molecule has 1 fully saturated rings. The molecule has 1 saturated heterocycles. The van der Waals surface area contributed by atoms with Gasteiger partial charge in [0, 0.05) is 14.2 Å². The second-order valence-corrected chi connectivity index (χ2v) is 7.69. The van der Waals surface area contributed by atoms with Gasteiger partial charge in [0.1, 0.15) is 19.6 Å². The summed E-state index contributed by atoms with van der Waals surface area (Å²) in [6.45, 7) is 5.03. The van der Waals surface area contributed by atoms with E-state index in [0.717, 1.165) is 22.8 Å². The van der Waals surface area contributed by atoms with E-state index in [9.17, 15) is 9.59 Å². The Hall–Kier alpha value is -2.64. The lowest BCUT2D eigenvalue weighted by molar-refractivity contribution is -0.0402. The Morgan fingerprint density at radius 1 is 1.07 bits per heavy atom. The number of esters is 1. The van der Waals surface area contributed by atoms with Gasteiger partial charge >= 0.3 is 12.0 Å². The lowest BCUT2D eigenvalue weighted by Crippen LogP contribution is -2.57. The molecule has 0 N–H and O–H groups in total. The quantitative estimate of drug-likeness (QED) is 0.614. The van der Waals surface area contributed by atoms with Crippen LogP contribution in [0.4, 0.5) is 4.79 Å². The molecule has 0 aliphatic carbocycles. The zero-order chi connectivity index (χ0) is 21.7. The summed E-state index contributed by atoms with van der Waals surface area (Å²) >= 11 is 0. The lowest BCUT2D eigenvalue weighted by atomic mass is 9.91. The lowest BCUT2D eigenvalue weighted by Gasteiger charge is -2.38. The van der Waals surface area contributed by atoms with Gasteiger partial charge in [0.15, 0.2) is 0 Å². The highest BCUT2D eigenvalue weighted by atomic mass is 16.5. The minimum Gasteiger partial charge on any atom is -0.455 e. The van der Waals surface area contributed by atoms with Crippen molar-refractivity contribution in [1.82, 2.24) is 9.80 Å². The average Bonchev–Trinajstić information content (AvgIpc) is 2.75. The summed E-state index contributed by atoms with van der Waals surface area (Å²) < 4.78 is 16.1. The number of methoxy groups -OCH3 is 2. The van der Waals surface area contributed by atoms with Crippen LogP contribution >= 0.6 is 0 Å². The van der Waals surface area contributed by atoms with Gasteiger partial charge in [-0.1, -0.05) is 44.2 Å². The third kappa shape index (κ3) is 4.74. The molecule has 30 heavy (non-hydrogen) atoms. The molecule has 0 radical (unpaired) electrons. The molecular weight excluding hydrogens is 384 g/mol. The van der Waals surface area contributed by atoms with Crippen molar-refractivity contribution >= 4 is 22.8 Å². The maximum Gasteiger partial charge on any atom is 0.338 e. The summed E-state index contributed by atoms with van der Waals surface area (Å²) in [7, 11) is 3.05. The van der Waals surface area contributed by atoms with E-state index in [1.807, 2.05) is 30.3 Å². The number of benzene rings is 2. The van der Waals surface area contributed by atoms with Gasteiger partial charge in [-0.2, -0.15) is 0 Å². The van der Waals surface area contributed by atoms with Crippen LogP contribution in [0.5, 0.6) is 0 Å². The molecule has 162 valence electrons. The highest BCUT2D eigenvalue weighted by Crippen LogP contribution is 2.29. The Kier molecular flexibility index (Phi) is 7.29. The number of hydrogen-bond donors (Lipinski definition) is 0. The van der Waals surface area contributed by atoms with Crippen molar-refractivity contribution in [3.8, 4) is 0 Å². The molecule has 3 rings (SSSR count). The van der Waals surface area contributed by atoms with Gasteiger partial charge in [-0.25, -0.2) is 9.59 Å². The second kappa shape index (κ2) is 9.91. The third-order valence-electron chi connectivity index (χ3n) is 5.51. The summed E-state index contributed by atoms with van der Waals surface area (Å²) in [5, 5.41) is 2.10. The van der Waals surface area contributed by atoms with Crippen molar-refractivity contribution in [3.63, 3.8) is 0 Å². The fraction of sp³-hybridized carbons (Fsp3) is 0.478. The first-order chi connectivity index (χ1) is 14.5. The zero-order valence-electron chi connectivity index (χ0n) is 18.1. The number of carbonyl (C=O) groups is 2. The number of nitrogens with zero attached hydrogens (tertiary/aromatic N) is 2. The zero-order valence-corrected chi connectivity index (χ0v) is 18.1. The van der Waals surface area contributed by atoms with Gasteiger partial charge in [0.05, 0.1) is 18.7 Å². The Bertz CT molecular complexity index is 882. The van der Waals surface area contributed by atoms with E-state index in [1.165, 1.54) is 24.0 Å². The maximum atomic E-state index is 13.2. The molecule has 1 unspecified atom stereocenters. The first kappa shape index (κ1) is 22.1. The summed E-state index contributed by atoms with van der Waals surface area (Å²) in [5.74, 6) is -0.148. The van der Waals surface area contributed by atoms with Crippen LogP contribution in [0.3, 0.4) is 0 Å². The van der Waals surface area contributed by atoms with E-state index in [1.54, 1.807) is 0 Å². The number of rotatable bonds is 8. The van der Waals surface area contributed by atoms with Gasteiger partial charge in [-0.05, 0) is 34.7 Å². The van der Waals surface area contributed by atoms with Gasteiger partial charge in [-0.15, -0.1) is 0 Å². The van der Waals surface area contributed by atoms with Crippen molar-refractivity contribution in [2.45, 2.75) is 32.3 Å². The largest absolute Gasteiger partial charge is 0.455 e. The number of urea groups is 1. The second-order valence-electron chi connectivity index (χ2n) is 7.69. The minimum atomic E-state index is -0.475. The van der Waals surface area contributed by atoms with E-state index in [0.29, 0.717) is 5.56 Å². The molecule has 0 aromatic heterocycles. The van der Waals surface area contributed by atoms with Gasteiger partial charge < -0.3 is 14.2 Å². The molecule has 2 aromatic rings. The van der Waals surface area contributed by atoms with Crippen molar-refractivity contribution in [1.29, 1.82) is 0 Å². The van der Waals surface area contributed by atoms with Crippen LogP contribution in [0.1, 0.15) is 42.1 Å². The molecule has 7 heteroatoms. The molecule has 0 saturated carbocycles. The van der Waals surface area contributed by atoms with Crippen LogP contribution in [0, 0.1) is 0 Å². The summed E-state index contributed by atoms with van der Waals surface area (Å²) in [5.41, 5.74) is 1.56. The van der Waals surface area contributed by atoms with Gasteiger partial charge in [0.2, 0.25) is 0 Å². The summed E-state index contributed by atoms with van der Waals surface area (Å²) in [6, 6.07) is 11.8. The molecule has 1 aliphatic rings. The molecular formula is C23H30N2O5. The number of carbonyl (C=O) groups excluding carboxylic acids is 2. The monoisotopic (exact) mass is 414 g/mol. The first-order valence-electron chi connectivity index (χ1n) is 10.2. The summed E-state index contributed by atoms with van der Waals surface area (Å²) in [4.78, 5) is 28.7. The molecule has 1 atom stereocenters. The number of hydrogen-bond acceptors (Lipinski definition) is 5. The Morgan fingerprint density at radius 3 is 2.17 bits per heavy atom. The average molecular weight is 415 g/mol. The van der Waals surface area contributed by atoms with Crippen molar-refractivity contribution < 1.29 is 23.8 Å². The van der Waals surface area contributed by atoms with Gasteiger partial charge in [-0.3, -0.25) is 9.80 Å². The van der Waals surface area contributed by atoms with Gasteiger partial charge in [0.25, 0.3) is 0 Å². The van der Waals surface area contributed by atoms with Crippen LogP contribution in [0.25, 0.3) is 10.8 Å². The van der Waals surface area contributed by atoms with Crippen LogP contribution < -0.4 is 0 Å². The molecule has 2 aromatic carbocycles. The normalized spacial score (nSPS) is 16.2. The molecule has 1 heterocycles. The van der Waals surface area contributed by atoms with E-state index < -0.39 is 6.10 Å². The number of amides is 2. The topological polar surface area (TPSA) is 68.3 Å². The van der Waals surface area contributed by atoms with E-state index in [-0.39, 0.29) is 44.5 Å². The predicted molar refractivity (Wildman–Crippen MR) is 114 cm³/mol. The Balaban J connectivity index is 1.87. The number of ether oxygens (including phenoxy) is 3. The smallest absolute Gasteiger partial charge is 0.338 e. The van der Waals surface area contributed by atoms with Crippen LogP contribution in [-0.4, -0.2) is 68.7 Å². The maximum absolute atomic E-state index is 13.2. The number of fused-ring (bicyclic) bond motifs is 1. The Labute approximate surface area is 177 Å². The molecule has 0 spiro atoms. The van der Waals surface area contributed by atoms with Crippen LogP contribution in [0.15, 0.2) is 36.4 Å². The highest BCUT2D eigenvalue weighted by molar-refractivity contribution is 5.97. The SMILES string of the molecule is CCC(C)c1cc2ccccc2cc1C(=O)OC1CN(COC)C(=O)N(COC)C1. The molecule has 2 amide bonds. The van der Waals surface area contributed by atoms with Crippen molar-refractivity contribution in [2.75, 3.05) is 40.8 Å². The molecule has 0 bridgehead atoms. The fourth-order valence-corrected chi connectivity index (χ4v) is 3.78. The Morgan fingerprint density at radius 2 is 1.63 bits per heavy atom. The van der Waals surface area contributed by atoms with E-state index in [4.69, 9.17) is 14.2 Å². The predicted octanol–water partition coefficient (Wildman–Crippen LogP) is 3.82. The third-order valence-corrected chi connectivity index (χ3v) is 5.51. The van der Waals surface area contributed by atoms with E-state index in [2.05, 4.69) is 19.9 Å². The molecule has 1 aliphatic heterocycles. The highest BCUT2D eigenvalue weighted by Gasteiger charge is 2.34. The first-order valence-corrected chi connectivity index (χ1v) is 10.2. The van der Waals surface area contributed by atoms with Crippen molar-refractivity contribution in [3.05, 3.63) is 47.5 Å². The standard InChI is InChI=1S/C23H30N2O5/c1-5-16(2)20-10-17-8-6-7-9-18(17)11-21(20)22(26)30-19-12-24(14-28-3)23(27)25(13-19)15-29-4/h6-11,16,19H,5,12-15H2,1-4H3. The summed E-state index contributed by atoms with van der Waals surface area (Å²) in [6.07, 6.45) is 0.441. The van der Waals surface area contributed by atoms with Crippen LogP contribution in [-0.2, 0) is 14.2 Å². The molecule has 7 nitrogen and oxygen atoms in total. The van der Waals surface area contributed by atoms with Crippen LogP contribution in [0.2, 0.25) is 0 Å². The minimum absolute atomic E-state index is 0.126. The fourth-order valence-electron chi connectivity index (χ4n) is 3.78.